The quantitative estimate of drug-likeness (QED) is 0.169. The highest BCUT2D eigenvalue weighted by Gasteiger charge is 2.51. The van der Waals surface area contributed by atoms with Gasteiger partial charge >= 0.3 is 0 Å². The fourth-order valence-corrected chi connectivity index (χ4v) is 11.1. The van der Waals surface area contributed by atoms with Gasteiger partial charge in [0.15, 0.2) is 0 Å². The molecule has 1 heteroatoms. The molecule has 1 nitrogen and oxygen atoms in total. The Balaban J connectivity index is 0.993. The Labute approximate surface area is 352 Å². The second-order valence-corrected chi connectivity index (χ2v) is 17.3. The molecule has 9 aromatic rings. The van der Waals surface area contributed by atoms with Gasteiger partial charge in [-0.15, -0.1) is 0 Å². The first-order chi connectivity index (χ1) is 29.4. The van der Waals surface area contributed by atoms with Crippen LogP contribution < -0.4 is 4.90 Å². The third-order valence-electron chi connectivity index (χ3n) is 13.8. The van der Waals surface area contributed by atoms with E-state index in [0.717, 1.165) is 11.4 Å². The standard InChI is InChI=1S/C59H43N/c1-38-35-41(39-15-5-4-6-16-39)28-34-57(38)60(44-31-33-49-45-17-7-11-21-51(45)58(2,3)55(49)37-44)43-29-25-40(26-30-43)42-27-32-50-48-20-10-14-24-54(48)59(56(50)36-42)52-22-12-8-18-46(52)47-19-9-13-23-53(47)59/h4-37H,1-3H3. The number of rotatable bonds is 5. The van der Waals surface area contributed by atoms with E-state index < -0.39 is 0 Å². The summed E-state index contributed by atoms with van der Waals surface area (Å²) in [5.41, 5.74) is 25.3. The lowest BCUT2D eigenvalue weighted by molar-refractivity contribution is 0.660. The van der Waals surface area contributed by atoms with Crippen LogP contribution >= 0.6 is 0 Å². The van der Waals surface area contributed by atoms with Crippen molar-refractivity contribution in [3.05, 3.63) is 245 Å². The van der Waals surface area contributed by atoms with Gasteiger partial charge in [0.25, 0.3) is 0 Å². The smallest absolute Gasteiger partial charge is 0.0725 e. The fraction of sp³-hybridized carbons (Fsp3) is 0.0847. The molecule has 0 saturated carbocycles. The van der Waals surface area contributed by atoms with Gasteiger partial charge in [0.1, 0.15) is 0 Å². The number of hydrogen-bond donors (Lipinski definition) is 0. The highest BCUT2D eigenvalue weighted by Crippen LogP contribution is 2.63. The van der Waals surface area contributed by atoms with E-state index in [1.165, 1.54) is 100 Å². The number of fused-ring (bicyclic) bond motifs is 13. The molecular weight excluding hydrogens is 723 g/mol. The summed E-state index contributed by atoms with van der Waals surface area (Å²) in [5.74, 6) is 0. The summed E-state index contributed by atoms with van der Waals surface area (Å²) in [7, 11) is 0. The Bertz CT molecular complexity index is 3120. The molecule has 3 aliphatic rings. The summed E-state index contributed by atoms with van der Waals surface area (Å²) in [4.78, 5) is 2.45. The van der Waals surface area contributed by atoms with Crippen molar-refractivity contribution in [2.75, 3.05) is 4.90 Å². The van der Waals surface area contributed by atoms with Gasteiger partial charge in [-0.2, -0.15) is 0 Å². The van der Waals surface area contributed by atoms with E-state index in [9.17, 15) is 0 Å². The van der Waals surface area contributed by atoms with Crippen LogP contribution in [0.1, 0.15) is 52.8 Å². The van der Waals surface area contributed by atoms with E-state index >= 15 is 0 Å². The maximum atomic E-state index is 2.48. The minimum absolute atomic E-state index is 0.103. The lowest BCUT2D eigenvalue weighted by atomic mass is 9.70. The fourth-order valence-electron chi connectivity index (χ4n) is 11.1. The zero-order valence-corrected chi connectivity index (χ0v) is 34.1. The van der Waals surface area contributed by atoms with Crippen LogP contribution in [0.3, 0.4) is 0 Å². The number of anilines is 3. The van der Waals surface area contributed by atoms with Gasteiger partial charge in [0.05, 0.1) is 5.41 Å². The Morgan fingerprint density at radius 2 is 0.750 bits per heavy atom. The monoisotopic (exact) mass is 765 g/mol. The molecule has 0 fully saturated rings. The van der Waals surface area contributed by atoms with Crippen molar-refractivity contribution in [2.24, 2.45) is 0 Å². The summed E-state index contributed by atoms with van der Waals surface area (Å²) in [5, 5.41) is 0. The molecule has 60 heavy (non-hydrogen) atoms. The highest BCUT2D eigenvalue weighted by atomic mass is 15.1. The number of hydrogen-bond acceptors (Lipinski definition) is 1. The van der Waals surface area contributed by atoms with E-state index in [1.807, 2.05) is 0 Å². The molecule has 0 N–H and O–H groups in total. The molecule has 0 aliphatic heterocycles. The van der Waals surface area contributed by atoms with Crippen molar-refractivity contribution in [1.82, 2.24) is 0 Å². The summed E-state index contributed by atoms with van der Waals surface area (Å²) in [6.45, 7) is 6.97. The van der Waals surface area contributed by atoms with Gasteiger partial charge < -0.3 is 4.90 Å². The van der Waals surface area contributed by atoms with Gasteiger partial charge in [0.2, 0.25) is 0 Å². The third-order valence-corrected chi connectivity index (χ3v) is 13.8. The van der Waals surface area contributed by atoms with Crippen LogP contribution in [-0.4, -0.2) is 0 Å². The number of aryl methyl sites for hydroxylation is 1. The van der Waals surface area contributed by atoms with Crippen LogP contribution in [0.2, 0.25) is 0 Å². The van der Waals surface area contributed by atoms with Crippen molar-refractivity contribution in [3.8, 4) is 55.6 Å². The van der Waals surface area contributed by atoms with Crippen LogP contribution in [0.25, 0.3) is 55.6 Å². The van der Waals surface area contributed by atoms with Gasteiger partial charge in [0, 0.05) is 22.5 Å². The molecule has 0 atom stereocenters. The molecule has 0 unspecified atom stereocenters. The molecule has 0 bridgehead atoms. The molecule has 3 aliphatic carbocycles. The zero-order chi connectivity index (χ0) is 40.2. The van der Waals surface area contributed by atoms with E-state index in [4.69, 9.17) is 0 Å². The van der Waals surface area contributed by atoms with E-state index in [0.29, 0.717) is 0 Å². The van der Waals surface area contributed by atoms with Gasteiger partial charge in [-0.3, -0.25) is 0 Å². The largest absolute Gasteiger partial charge is 0.310 e. The molecule has 0 radical (unpaired) electrons. The number of nitrogens with zero attached hydrogens (tertiary/aromatic N) is 1. The number of benzene rings is 9. The molecule has 284 valence electrons. The average Bonchev–Trinajstić information content (AvgIpc) is 3.86. The summed E-state index contributed by atoms with van der Waals surface area (Å²) < 4.78 is 0. The highest BCUT2D eigenvalue weighted by molar-refractivity contribution is 5.96. The van der Waals surface area contributed by atoms with E-state index in [2.05, 4.69) is 232 Å². The van der Waals surface area contributed by atoms with Crippen molar-refractivity contribution in [2.45, 2.75) is 31.6 Å². The summed E-state index contributed by atoms with van der Waals surface area (Å²) in [6.07, 6.45) is 0. The van der Waals surface area contributed by atoms with Crippen LogP contribution in [0, 0.1) is 6.92 Å². The summed E-state index contributed by atoms with van der Waals surface area (Å²) >= 11 is 0. The molecule has 0 saturated heterocycles. The third kappa shape index (κ3) is 4.81. The minimum atomic E-state index is -0.365. The predicted octanol–water partition coefficient (Wildman–Crippen LogP) is 15.4. The predicted molar refractivity (Wildman–Crippen MR) is 251 cm³/mol. The first-order valence-corrected chi connectivity index (χ1v) is 21.2. The van der Waals surface area contributed by atoms with E-state index in [-0.39, 0.29) is 10.8 Å². The van der Waals surface area contributed by atoms with Crippen LogP contribution in [0.4, 0.5) is 17.1 Å². The summed E-state index contributed by atoms with van der Waals surface area (Å²) in [6, 6.07) is 77.1. The topological polar surface area (TPSA) is 3.24 Å². The van der Waals surface area contributed by atoms with Gasteiger partial charge in [-0.05, 0) is 144 Å². The Morgan fingerprint density at radius 1 is 0.317 bits per heavy atom. The SMILES string of the molecule is Cc1cc(-c2ccccc2)ccc1N(c1ccc(-c2ccc3c(c2)C2(c4ccccc4-c4ccccc42)c2ccccc2-3)cc1)c1ccc2c(c1)C(C)(C)c1ccccc1-2. The lowest BCUT2D eigenvalue weighted by Crippen LogP contribution is -2.25. The molecule has 9 aromatic carbocycles. The van der Waals surface area contributed by atoms with Crippen molar-refractivity contribution >= 4 is 17.1 Å². The van der Waals surface area contributed by atoms with Crippen molar-refractivity contribution in [1.29, 1.82) is 0 Å². The van der Waals surface area contributed by atoms with Crippen molar-refractivity contribution < 1.29 is 0 Å². The second-order valence-electron chi connectivity index (χ2n) is 17.3. The normalized spacial score (nSPS) is 14.2. The molecule has 0 amide bonds. The molecule has 0 aromatic heterocycles. The maximum absolute atomic E-state index is 2.48. The molecule has 1 spiro atoms. The van der Waals surface area contributed by atoms with Gasteiger partial charge in [-0.1, -0.05) is 178 Å². The van der Waals surface area contributed by atoms with Crippen LogP contribution in [0.15, 0.2) is 206 Å². The van der Waals surface area contributed by atoms with Gasteiger partial charge in [-0.25, -0.2) is 0 Å². The Kier molecular flexibility index (Phi) is 7.47. The second kappa shape index (κ2) is 12.9. The molecule has 0 heterocycles. The molecular formula is C59H43N. The van der Waals surface area contributed by atoms with Crippen molar-refractivity contribution in [3.63, 3.8) is 0 Å². The van der Waals surface area contributed by atoms with Crippen LogP contribution in [0.5, 0.6) is 0 Å². The first kappa shape index (κ1) is 34.8. The maximum Gasteiger partial charge on any atom is 0.0725 e. The first-order valence-electron chi connectivity index (χ1n) is 21.2. The minimum Gasteiger partial charge on any atom is -0.310 e. The average molecular weight is 766 g/mol. The Hall–Kier alpha value is -7.22. The molecule has 12 rings (SSSR count). The van der Waals surface area contributed by atoms with E-state index in [1.54, 1.807) is 0 Å². The lowest BCUT2D eigenvalue weighted by Gasteiger charge is -2.31. The zero-order valence-electron chi connectivity index (χ0n) is 34.1. The Morgan fingerprint density at radius 3 is 1.37 bits per heavy atom. The van der Waals surface area contributed by atoms with Crippen LogP contribution in [-0.2, 0) is 10.8 Å².